The Morgan fingerprint density at radius 1 is 1.72 bits per heavy atom. The number of hydrogen-bond acceptors (Lipinski definition) is 6. The lowest BCUT2D eigenvalue weighted by atomic mass is 9.98. The maximum atomic E-state index is 11.7. The summed E-state index contributed by atoms with van der Waals surface area (Å²) in [6.45, 7) is 5.81. The van der Waals surface area contributed by atoms with Crippen LogP contribution in [0.1, 0.15) is 27.2 Å². The fraction of sp³-hybridized carbons (Fsp3) is 0.727. The number of carbonyl (C=O) groups excluding carboxylic acids is 1. The molecule has 0 aliphatic rings. The van der Waals surface area contributed by atoms with Gasteiger partial charge in [-0.1, -0.05) is 18.7 Å². The number of carbonyl (C=O) groups is 1. The molecule has 0 bridgehead atoms. The Morgan fingerprint density at radius 2 is 2.39 bits per heavy atom. The minimum Gasteiger partial charge on any atom is -0.465 e. The van der Waals surface area contributed by atoms with Crippen LogP contribution in [0.25, 0.3) is 0 Å². The van der Waals surface area contributed by atoms with E-state index in [1.807, 2.05) is 14.0 Å². The van der Waals surface area contributed by atoms with Crippen LogP contribution in [-0.2, 0) is 16.6 Å². The highest BCUT2D eigenvalue weighted by Crippen LogP contribution is 2.26. The molecule has 1 aromatic rings. The number of nitrogens with two attached hydrogens (primary N) is 1. The van der Waals surface area contributed by atoms with E-state index < -0.39 is 5.54 Å². The van der Waals surface area contributed by atoms with Gasteiger partial charge in [0.25, 0.3) is 0 Å². The normalized spacial score (nSPS) is 16.1. The van der Waals surface area contributed by atoms with Crippen molar-refractivity contribution in [2.45, 2.75) is 43.1 Å². The van der Waals surface area contributed by atoms with Gasteiger partial charge in [-0.2, -0.15) is 5.10 Å². The van der Waals surface area contributed by atoms with Crippen LogP contribution in [0.4, 0.5) is 0 Å². The van der Waals surface area contributed by atoms with E-state index in [4.69, 9.17) is 10.5 Å². The van der Waals surface area contributed by atoms with Gasteiger partial charge in [0.05, 0.1) is 6.61 Å². The summed E-state index contributed by atoms with van der Waals surface area (Å²) in [7, 11) is 1.83. The van der Waals surface area contributed by atoms with Crippen molar-refractivity contribution in [1.82, 2.24) is 14.8 Å². The van der Waals surface area contributed by atoms with Crippen LogP contribution in [0.5, 0.6) is 0 Å². The predicted molar refractivity (Wildman–Crippen MR) is 70.2 cm³/mol. The topological polar surface area (TPSA) is 83.0 Å². The summed E-state index contributed by atoms with van der Waals surface area (Å²) in [5.41, 5.74) is 5.01. The van der Waals surface area contributed by atoms with Gasteiger partial charge in [0.15, 0.2) is 5.16 Å². The minimum atomic E-state index is -0.971. The van der Waals surface area contributed by atoms with Gasteiger partial charge in [0.1, 0.15) is 11.9 Å². The molecule has 0 aliphatic carbocycles. The lowest BCUT2D eigenvalue weighted by Crippen LogP contribution is -2.47. The number of thioether (sulfide) groups is 1. The Bertz CT molecular complexity index is 406. The van der Waals surface area contributed by atoms with E-state index in [-0.39, 0.29) is 11.2 Å². The van der Waals surface area contributed by atoms with Crippen LogP contribution < -0.4 is 5.73 Å². The van der Waals surface area contributed by atoms with Crippen molar-refractivity contribution in [3.63, 3.8) is 0 Å². The van der Waals surface area contributed by atoms with E-state index >= 15 is 0 Å². The highest BCUT2D eigenvalue weighted by molar-refractivity contribution is 7.99. The molecule has 0 aliphatic heterocycles. The number of ether oxygens (including phenoxy) is 1. The van der Waals surface area contributed by atoms with Crippen molar-refractivity contribution in [3.05, 3.63) is 6.33 Å². The molecule has 0 spiro atoms. The third-order valence-electron chi connectivity index (χ3n) is 2.43. The average Bonchev–Trinajstić information content (AvgIpc) is 2.63. The van der Waals surface area contributed by atoms with Gasteiger partial charge in [-0.15, -0.1) is 0 Å². The Labute approximate surface area is 111 Å². The molecule has 0 saturated heterocycles. The van der Waals surface area contributed by atoms with E-state index in [0.717, 1.165) is 5.16 Å². The van der Waals surface area contributed by atoms with Crippen molar-refractivity contribution in [1.29, 1.82) is 0 Å². The highest BCUT2D eigenvalue weighted by Gasteiger charge is 2.32. The molecule has 0 amide bonds. The van der Waals surface area contributed by atoms with Crippen molar-refractivity contribution >= 4 is 17.7 Å². The molecule has 2 unspecified atom stereocenters. The molecule has 18 heavy (non-hydrogen) atoms. The zero-order valence-electron chi connectivity index (χ0n) is 11.2. The molecule has 0 fully saturated rings. The lowest BCUT2D eigenvalue weighted by molar-refractivity contribution is -0.149. The average molecular weight is 272 g/mol. The van der Waals surface area contributed by atoms with Crippen LogP contribution in [0, 0.1) is 0 Å². The first-order chi connectivity index (χ1) is 8.36. The lowest BCUT2D eigenvalue weighted by Gasteiger charge is -2.25. The van der Waals surface area contributed by atoms with E-state index in [9.17, 15) is 4.79 Å². The fourth-order valence-electron chi connectivity index (χ4n) is 1.59. The summed E-state index contributed by atoms with van der Waals surface area (Å²) in [4.78, 5) is 15.8. The maximum absolute atomic E-state index is 11.7. The van der Waals surface area contributed by atoms with Crippen LogP contribution in [0.3, 0.4) is 0 Å². The molecule has 2 atom stereocenters. The molecule has 7 heteroatoms. The molecular weight excluding hydrogens is 252 g/mol. The van der Waals surface area contributed by atoms with Gasteiger partial charge in [0.2, 0.25) is 0 Å². The van der Waals surface area contributed by atoms with Gasteiger partial charge in [0, 0.05) is 12.3 Å². The standard InChI is InChI=1S/C11H20N4O2S/c1-5-17-9(16)11(3,12)6-8(2)18-10-13-7-14-15(10)4/h7-8H,5-6,12H2,1-4H3. The number of aryl methyl sites for hydroxylation is 1. The Hall–Kier alpha value is -1.08. The first-order valence-corrected chi connectivity index (χ1v) is 6.71. The third kappa shape index (κ3) is 3.99. The van der Waals surface area contributed by atoms with Gasteiger partial charge in [-0.05, 0) is 20.3 Å². The van der Waals surface area contributed by atoms with E-state index in [1.54, 1.807) is 30.3 Å². The third-order valence-corrected chi connectivity index (χ3v) is 3.58. The van der Waals surface area contributed by atoms with Gasteiger partial charge in [-0.3, -0.25) is 4.79 Å². The first-order valence-electron chi connectivity index (χ1n) is 5.83. The molecule has 6 nitrogen and oxygen atoms in total. The monoisotopic (exact) mass is 272 g/mol. The maximum Gasteiger partial charge on any atom is 0.325 e. The number of rotatable bonds is 6. The molecule has 0 radical (unpaired) electrons. The summed E-state index contributed by atoms with van der Waals surface area (Å²) in [6, 6.07) is 0. The number of esters is 1. The van der Waals surface area contributed by atoms with Crippen molar-refractivity contribution in [2.24, 2.45) is 12.8 Å². The molecule has 2 N–H and O–H groups in total. The van der Waals surface area contributed by atoms with Crippen LogP contribution in [0.2, 0.25) is 0 Å². The van der Waals surface area contributed by atoms with Gasteiger partial charge in [-0.25, -0.2) is 9.67 Å². The van der Waals surface area contributed by atoms with Gasteiger partial charge >= 0.3 is 5.97 Å². The van der Waals surface area contributed by atoms with E-state index in [2.05, 4.69) is 10.1 Å². The second-order valence-electron chi connectivity index (χ2n) is 4.44. The van der Waals surface area contributed by atoms with Crippen LogP contribution >= 0.6 is 11.8 Å². The molecule has 0 aromatic carbocycles. The number of hydrogen-bond donors (Lipinski definition) is 1. The summed E-state index contributed by atoms with van der Waals surface area (Å²) >= 11 is 1.54. The quantitative estimate of drug-likeness (QED) is 0.613. The smallest absolute Gasteiger partial charge is 0.325 e. The fourth-order valence-corrected chi connectivity index (χ4v) is 2.69. The predicted octanol–water partition coefficient (Wildman–Crippen LogP) is 0.966. The largest absolute Gasteiger partial charge is 0.465 e. The summed E-state index contributed by atoms with van der Waals surface area (Å²) in [5, 5.41) is 4.95. The van der Waals surface area contributed by atoms with Crippen molar-refractivity contribution in [2.75, 3.05) is 6.61 Å². The SMILES string of the molecule is CCOC(=O)C(C)(N)CC(C)Sc1ncnn1C. The zero-order valence-corrected chi connectivity index (χ0v) is 12.0. The summed E-state index contributed by atoms with van der Waals surface area (Å²) < 4.78 is 6.65. The number of aromatic nitrogens is 3. The zero-order chi connectivity index (χ0) is 13.8. The minimum absolute atomic E-state index is 0.146. The summed E-state index contributed by atoms with van der Waals surface area (Å²) in [6.07, 6.45) is 2.02. The Balaban J connectivity index is 2.56. The molecule has 1 rings (SSSR count). The first kappa shape index (κ1) is 15.0. The summed E-state index contributed by atoms with van der Waals surface area (Å²) in [5.74, 6) is -0.365. The van der Waals surface area contributed by atoms with E-state index in [1.165, 1.54) is 6.33 Å². The van der Waals surface area contributed by atoms with Crippen LogP contribution in [-0.4, -0.2) is 38.1 Å². The van der Waals surface area contributed by atoms with Crippen molar-refractivity contribution < 1.29 is 9.53 Å². The molecule has 0 saturated carbocycles. The highest BCUT2D eigenvalue weighted by atomic mass is 32.2. The Morgan fingerprint density at radius 3 is 2.89 bits per heavy atom. The second-order valence-corrected chi connectivity index (χ2v) is 5.84. The molecular formula is C11H20N4O2S. The van der Waals surface area contributed by atoms with Crippen molar-refractivity contribution in [3.8, 4) is 0 Å². The molecule has 1 heterocycles. The van der Waals surface area contributed by atoms with Gasteiger partial charge < -0.3 is 10.5 Å². The number of nitrogens with zero attached hydrogens (tertiary/aromatic N) is 3. The molecule has 1 aromatic heterocycles. The Kier molecular flexibility index (Phi) is 5.15. The van der Waals surface area contributed by atoms with E-state index in [0.29, 0.717) is 13.0 Å². The second kappa shape index (κ2) is 6.19. The van der Waals surface area contributed by atoms with Crippen LogP contribution in [0.15, 0.2) is 11.5 Å². The molecule has 102 valence electrons.